The summed E-state index contributed by atoms with van der Waals surface area (Å²) in [6.45, 7) is 1.75. The normalized spacial score (nSPS) is 11.6. The van der Waals surface area contributed by atoms with Gasteiger partial charge in [0, 0.05) is 11.1 Å². The smallest absolute Gasteiger partial charge is 0.141 e. The molecular weight excluding hydrogens is 264 g/mol. The van der Waals surface area contributed by atoms with E-state index in [1.54, 1.807) is 13.3 Å². The molecule has 2 aromatic carbocycles. The molecule has 0 aliphatic rings. The lowest BCUT2D eigenvalue weighted by Gasteiger charge is -2.08. The van der Waals surface area contributed by atoms with Crippen LogP contribution in [-0.4, -0.2) is 20.9 Å². The zero-order valence-corrected chi connectivity index (χ0v) is 11.5. The second kappa shape index (κ2) is 5.58. The molecular formula is C16H14N4O. The Hall–Kier alpha value is -2.95. The van der Waals surface area contributed by atoms with E-state index in [1.807, 2.05) is 48.5 Å². The molecule has 1 heterocycles. The van der Waals surface area contributed by atoms with Gasteiger partial charge in [-0.2, -0.15) is 0 Å². The second-order valence-corrected chi connectivity index (χ2v) is 4.63. The highest BCUT2D eigenvalue weighted by atomic mass is 16.4. The molecule has 0 saturated heterocycles. The first-order valence-corrected chi connectivity index (χ1v) is 6.54. The van der Waals surface area contributed by atoms with E-state index in [2.05, 4.69) is 20.4 Å². The molecule has 0 aliphatic heterocycles. The molecule has 0 radical (unpaired) electrons. The lowest BCUT2D eigenvalue weighted by atomic mass is 10.1. The number of oxime groups is 1. The average Bonchev–Trinajstić information content (AvgIpc) is 2.55. The third kappa shape index (κ3) is 2.67. The Morgan fingerprint density at radius 3 is 2.57 bits per heavy atom. The van der Waals surface area contributed by atoms with Gasteiger partial charge in [-0.3, -0.25) is 0 Å². The number of fused-ring (bicyclic) bond motifs is 1. The molecule has 0 fully saturated rings. The molecule has 21 heavy (non-hydrogen) atoms. The van der Waals surface area contributed by atoms with Crippen molar-refractivity contribution in [1.29, 1.82) is 0 Å². The number of rotatable bonds is 3. The topological polar surface area (TPSA) is 70.4 Å². The van der Waals surface area contributed by atoms with Gasteiger partial charge in [0.05, 0.1) is 11.2 Å². The first-order valence-electron chi connectivity index (χ1n) is 6.54. The number of hydrogen-bond acceptors (Lipinski definition) is 5. The summed E-state index contributed by atoms with van der Waals surface area (Å²) in [6.07, 6.45) is 1.54. The van der Waals surface area contributed by atoms with Crippen LogP contribution in [0.15, 0.2) is 60.0 Å². The van der Waals surface area contributed by atoms with Gasteiger partial charge in [-0.15, -0.1) is 0 Å². The Morgan fingerprint density at radius 1 is 1.05 bits per heavy atom. The summed E-state index contributed by atoms with van der Waals surface area (Å²) < 4.78 is 0. The molecule has 0 atom stereocenters. The van der Waals surface area contributed by atoms with Crippen molar-refractivity contribution in [3.05, 3.63) is 60.4 Å². The van der Waals surface area contributed by atoms with Crippen molar-refractivity contribution >= 4 is 28.1 Å². The fraction of sp³-hybridized carbons (Fsp3) is 0.0625. The predicted octanol–water partition coefficient (Wildman–Crippen LogP) is 3.57. The zero-order valence-electron chi connectivity index (χ0n) is 11.5. The summed E-state index contributed by atoms with van der Waals surface area (Å²) in [5, 5.41) is 16.2. The van der Waals surface area contributed by atoms with Gasteiger partial charge in [-0.25, -0.2) is 9.97 Å². The van der Waals surface area contributed by atoms with Crippen LogP contribution in [0.25, 0.3) is 10.9 Å². The van der Waals surface area contributed by atoms with Gasteiger partial charge >= 0.3 is 0 Å². The van der Waals surface area contributed by atoms with E-state index < -0.39 is 0 Å². The van der Waals surface area contributed by atoms with E-state index in [4.69, 9.17) is 5.21 Å². The van der Waals surface area contributed by atoms with Crippen molar-refractivity contribution in [3.63, 3.8) is 0 Å². The molecule has 104 valence electrons. The van der Waals surface area contributed by atoms with Crippen LogP contribution in [0.5, 0.6) is 0 Å². The van der Waals surface area contributed by atoms with E-state index in [1.165, 1.54) is 0 Å². The molecule has 0 saturated carbocycles. The van der Waals surface area contributed by atoms with Crippen LogP contribution in [-0.2, 0) is 0 Å². The molecule has 3 rings (SSSR count). The molecule has 3 aromatic rings. The SMILES string of the molecule is CC(=NO)c1ccc(Nc2ncnc3ccccc23)cc1. The Labute approximate surface area is 122 Å². The van der Waals surface area contributed by atoms with Crippen molar-refractivity contribution in [2.45, 2.75) is 6.92 Å². The number of nitrogens with one attached hydrogen (secondary N) is 1. The van der Waals surface area contributed by atoms with Gasteiger partial charge in [-0.05, 0) is 36.8 Å². The van der Waals surface area contributed by atoms with Crippen molar-refractivity contribution in [3.8, 4) is 0 Å². The van der Waals surface area contributed by atoms with Crippen molar-refractivity contribution in [2.75, 3.05) is 5.32 Å². The van der Waals surface area contributed by atoms with Crippen LogP contribution >= 0.6 is 0 Å². The standard InChI is InChI=1S/C16H14N4O/c1-11(20-21)12-6-8-13(9-7-12)19-16-14-4-2-3-5-15(14)17-10-18-16/h2-10,21H,1H3,(H,17,18,19). The number of para-hydroxylation sites is 1. The fourth-order valence-corrected chi connectivity index (χ4v) is 2.09. The monoisotopic (exact) mass is 278 g/mol. The maximum absolute atomic E-state index is 8.77. The molecule has 2 N–H and O–H groups in total. The van der Waals surface area contributed by atoms with Gasteiger partial charge in [-0.1, -0.05) is 29.4 Å². The third-order valence-electron chi connectivity index (χ3n) is 3.26. The maximum atomic E-state index is 8.77. The van der Waals surface area contributed by atoms with Crippen LogP contribution in [0, 0.1) is 0 Å². The predicted molar refractivity (Wildman–Crippen MR) is 83.3 cm³/mol. The van der Waals surface area contributed by atoms with E-state index in [9.17, 15) is 0 Å². The van der Waals surface area contributed by atoms with Gasteiger partial charge in [0.2, 0.25) is 0 Å². The average molecular weight is 278 g/mol. The second-order valence-electron chi connectivity index (χ2n) is 4.63. The highest BCUT2D eigenvalue weighted by Crippen LogP contribution is 2.22. The van der Waals surface area contributed by atoms with Crippen LogP contribution in [0.1, 0.15) is 12.5 Å². The Balaban J connectivity index is 1.92. The van der Waals surface area contributed by atoms with E-state index in [-0.39, 0.29) is 0 Å². The molecule has 0 spiro atoms. The minimum atomic E-state index is 0.578. The van der Waals surface area contributed by atoms with E-state index >= 15 is 0 Å². The first-order chi connectivity index (χ1) is 10.3. The van der Waals surface area contributed by atoms with Crippen LogP contribution in [0.3, 0.4) is 0 Å². The summed E-state index contributed by atoms with van der Waals surface area (Å²) in [5.74, 6) is 0.765. The Morgan fingerprint density at radius 2 is 1.81 bits per heavy atom. The minimum Gasteiger partial charge on any atom is -0.411 e. The quantitative estimate of drug-likeness (QED) is 0.436. The summed E-state index contributed by atoms with van der Waals surface area (Å²) in [6, 6.07) is 15.5. The number of anilines is 2. The van der Waals surface area contributed by atoms with Crippen molar-refractivity contribution < 1.29 is 5.21 Å². The van der Waals surface area contributed by atoms with E-state index in [0.717, 1.165) is 28.0 Å². The van der Waals surface area contributed by atoms with Gasteiger partial charge < -0.3 is 10.5 Å². The first kappa shape index (κ1) is 13.1. The van der Waals surface area contributed by atoms with Crippen LogP contribution < -0.4 is 5.32 Å². The lowest BCUT2D eigenvalue weighted by Crippen LogP contribution is -1.98. The summed E-state index contributed by atoms with van der Waals surface area (Å²) >= 11 is 0. The van der Waals surface area contributed by atoms with Gasteiger partial charge in [0.25, 0.3) is 0 Å². The molecule has 0 unspecified atom stereocenters. The summed E-state index contributed by atoms with van der Waals surface area (Å²) in [4.78, 5) is 8.53. The molecule has 0 bridgehead atoms. The Kier molecular flexibility index (Phi) is 3.47. The molecule has 0 amide bonds. The zero-order chi connectivity index (χ0) is 14.7. The van der Waals surface area contributed by atoms with Gasteiger partial charge in [0.15, 0.2) is 0 Å². The summed E-state index contributed by atoms with van der Waals surface area (Å²) in [5.41, 5.74) is 3.26. The largest absolute Gasteiger partial charge is 0.411 e. The fourth-order valence-electron chi connectivity index (χ4n) is 2.09. The summed E-state index contributed by atoms with van der Waals surface area (Å²) in [7, 11) is 0. The lowest BCUT2D eigenvalue weighted by molar-refractivity contribution is 0.319. The number of nitrogens with zero attached hydrogens (tertiary/aromatic N) is 3. The minimum absolute atomic E-state index is 0.578. The van der Waals surface area contributed by atoms with Crippen LogP contribution in [0.2, 0.25) is 0 Å². The van der Waals surface area contributed by atoms with Gasteiger partial charge in [0.1, 0.15) is 12.1 Å². The maximum Gasteiger partial charge on any atom is 0.141 e. The van der Waals surface area contributed by atoms with Crippen molar-refractivity contribution in [2.24, 2.45) is 5.16 Å². The number of aromatic nitrogens is 2. The highest BCUT2D eigenvalue weighted by molar-refractivity contribution is 5.98. The molecule has 0 aliphatic carbocycles. The Bertz CT molecular complexity index is 791. The highest BCUT2D eigenvalue weighted by Gasteiger charge is 2.04. The van der Waals surface area contributed by atoms with Crippen LogP contribution in [0.4, 0.5) is 11.5 Å². The molecule has 1 aromatic heterocycles. The van der Waals surface area contributed by atoms with Crippen molar-refractivity contribution in [1.82, 2.24) is 9.97 Å². The number of benzene rings is 2. The molecule has 5 nitrogen and oxygen atoms in total. The number of hydrogen-bond donors (Lipinski definition) is 2. The van der Waals surface area contributed by atoms with E-state index in [0.29, 0.717) is 5.71 Å². The molecule has 5 heteroatoms. The third-order valence-corrected chi connectivity index (χ3v) is 3.26.